The predicted molar refractivity (Wildman–Crippen MR) is 98.7 cm³/mol. The second kappa shape index (κ2) is 6.43. The fourth-order valence-corrected chi connectivity index (χ4v) is 4.89. The molecule has 0 unspecified atom stereocenters. The number of fused-ring (bicyclic) bond motifs is 3. The Bertz CT molecular complexity index is 781. The fourth-order valence-electron chi connectivity index (χ4n) is 4.89. The molecule has 5 rings (SSSR count). The molecule has 2 amide bonds. The summed E-state index contributed by atoms with van der Waals surface area (Å²) >= 11 is 0. The molecule has 6 heteroatoms. The Hall–Kier alpha value is -2.24. The van der Waals surface area contributed by atoms with Crippen molar-refractivity contribution in [3.05, 3.63) is 23.3 Å². The quantitative estimate of drug-likeness (QED) is 0.885. The molecule has 27 heavy (non-hydrogen) atoms. The van der Waals surface area contributed by atoms with E-state index in [0.717, 1.165) is 49.3 Å². The highest BCUT2D eigenvalue weighted by Crippen LogP contribution is 2.49. The van der Waals surface area contributed by atoms with Crippen molar-refractivity contribution in [3.63, 3.8) is 0 Å². The van der Waals surface area contributed by atoms with Crippen molar-refractivity contribution < 1.29 is 19.1 Å². The lowest BCUT2D eigenvalue weighted by Crippen LogP contribution is -2.49. The van der Waals surface area contributed by atoms with Crippen molar-refractivity contribution >= 4 is 11.8 Å². The summed E-state index contributed by atoms with van der Waals surface area (Å²) in [5.74, 6) is 1.78. The van der Waals surface area contributed by atoms with E-state index < -0.39 is 0 Å². The Morgan fingerprint density at radius 2 is 1.81 bits per heavy atom. The van der Waals surface area contributed by atoms with Gasteiger partial charge in [-0.15, -0.1) is 0 Å². The SMILES string of the molecule is O=C(NCC(=O)N1Cc2cc3c(cc2C2(CCCC2)C1)OCCO3)C1CC1. The topological polar surface area (TPSA) is 67.9 Å². The number of ether oxygens (including phenoxy) is 2. The van der Waals surface area contributed by atoms with Crippen LogP contribution >= 0.6 is 0 Å². The average Bonchev–Trinajstić information content (AvgIpc) is 3.44. The first-order valence-corrected chi connectivity index (χ1v) is 10.1. The van der Waals surface area contributed by atoms with E-state index in [0.29, 0.717) is 19.8 Å². The number of rotatable bonds is 3. The van der Waals surface area contributed by atoms with Gasteiger partial charge >= 0.3 is 0 Å². The van der Waals surface area contributed by atoms with E-state index in [1.165, 1.54) is 18.4 Å². The molecule has 0 saturated heterocycles. The highest BCUT2D eigenvalue weighted by molar-refractivity contribution is 5.87. The fraction of sp³-hybridized carbons (Fsp3) is 0.619. The largest absolute Gasteiger partial charge is 0.486 e. The molecular formula is C21H26N2O4. The lowest BCUT2D eigenvalue weighted by molar-refractivity contribution is -0.134. The summed E-state index contributed by atoms with van der Waals surface area (Å²) < 4.78 is 11.6. The van der Waals surface area contributed by atoms with Crippen molar-refractivity contribution in [2.24, 2.45) is 5.92 Å². The number of hydrogen-bond acceptors (Lipinski definition) is 4. The smallest absolute Gasteiger partial charge is 0.242 e. The molecule has 4 aliphatic rings. The normalized spacial score (nSPS) is 22.4. The van der Waals surface area contributed by atoms with Crippen molar-refractivity contribution in [1.29, 1.82) is 0 Å². The first-order chi connectivity index (χ1) is 13.1. The first kappa shape index (κ1) is 16.9. The van der Waals surface area contributed by atoms with Gasteiger partial charge < -0.3 is 19.7 Å². The zero-order valence-electron chi connectivity index (χ0n) is 15.6. The van der Waals surface area contributed by atoms with E-state index in [2.05, 4.69) is 17.4 Å². The monoisotopic (exact) mass is 370 g/mol. The van der Waals surface area contributed by atoms with Gasteiger partial charge in [-0.25, -0.2) is 0 Å². The summed E-state index contributed by atoms with van der Waals surface area (Å²) in [5.41, 5.74) is 2.50. The first-order valence-electron chi connectivity index (χ1n) is 10.1. The van der Waals surface area contributed by atoms with Crippen LogP contribution in [0.4, 0.5) is 0 Å². The number of carbonyl (C=O) groups is 2. The van der Waals surface area contributed by atoms with E-state index >= 15 is 0 Å². The third kappa shape index (κ3) is 3.05. The third-order valence-electron chi connectivity index (χ3n) is 6.47. The Morgan fingerprint density at radius 1 is 1.11 bits per heavy atom. The van der Waals surface area contributed by atoms with Gasteiger partial charge in [-0.05, 0) is 48.9 Å². The number of benzene rings is 1. The molecule has 2 saturated carbocycles. The maximum absolute atomic E-state index is 12.8. The zero-order chi connectivity index (χ0) is 18.4. The minimum absolute atomic E-state index is 0.0100. The van der Waals surface area contributed by atoms with E-state index in [1.54, 1.807) is 0 Å². The van der Waals surface area contributed by atoms with Gasteiger partial charge in [0.25, 0.3) is 0 Å². The molecule has 0 aromatic heterocycles. The van der Waals surface area contributed by atoms with Crippen LogP contribution in [-0.4, -0.2) is 43.0 Å². The van der Waals surface area contributed by atoms with Crippen LogP contribution in [0, 0.1) is 5.92 Å². The van der Waals surface area contributed by atoms with E-state index in [-0.39, 0.29) is 29.7 Å². The summed E-state index contributed by atoms with van der Waals surface area (Å²) in [6, 6.07) is 4.22. The van der Waals surface area contributed by atoms with E-state index in [9.17, 15) is 9.59 Å². The van der Waals surface area contributed by atoms with Crippen LogP contribution in [0.15, 0.2) is 12.1 Å². The zero-order valence-corrected chi connectivity index (χ0v) is 15.6. The highest BCUT2D eigenvalue weighted by atomic mass is 16.6. The van der Waals surface area contributed by atoms with Crippen LogP contribution in [0.5, 0.6) is 11.5 Å². The molecule has 1 spiro atoms. The number of carbonyl (C=O) groups excluding carboxylic acids is 2. The molecule has 2 aliphatic heterocycles. The van der Waals surface area contributed by atoms with Crippen molar-refractivity contribution in [2.75, 3.05) is 26.3 Å². The Balaban J connectivity index is 1.40. The van der Waals surface area contributed by atoms with Gasteiger partial charge in [0.2, 0.25) is 11.8 Å². The van der Waals surface area contributed by atoms with Crippen LogP contribution < -0.4 is 14.8 Å². The number of nitrogens with one attached hydrogen (secondary N) is 1. The Labute approximate surface area is 159 Å². The molecule has 144 valence electrons. The lowest BCUT2D eigenvalue weighted by Gasteiger charge is -2.43. The Morgan fingerprint density at radius 3 is 2.52 bits per heavy atom. The number of amides is 2. The molecule has 1 N–H and O–H groups in total. The minimum Gasteiger partial charge on any atom is -0.486 e. The molecule has 2 fully saturated rings. The summed E-state index contributed by atoms with van der Waals surface area (Å²) in [5, 5.41) is 2.82. The summed E-state index contributed by atoms with van der Waals surface area (Å²) in [6.45, 7) is 2.56. The number of nitrogens with zero attached hydrogens (tertiary/aromatic N) is 1. The van der Waals surface area contributed by atoms with Crippen LogP contribution in [0.1, 0.15) is 49.7 Å². The second-order valence-electron chi connectivity index (χ2n) is 8.38. The minimum atomic E-state index is 0.0100. The molecule has 0 bridgehead atoms. The van der Waals surface area contributed by atoms with Gasteiger partial charge in [0.05, 0.1) is 6.54 Å². The summed E-state index contributed by atoms with van der Waals surface area (Å²) in [7, 11) is 0. The second-order valence-corrected chi connectivity index (χ2v) is 8.38. The van der Waals surface area contributed by atoms with Gasteiger partial charge in [0.1, 0.15) is 13.2 Å². The van der Waals surface area contributed by atoms with Crippen LogP contribution in [0.2, 0.25) is 0 Å². The third-order valence-corrected chi connectivity index (χ3v) is 6.47. The van der Waals surface area contributed by atoms with Crippen molar-refractivity contribution in [1.82, 2.24) is 10.2 Å². The maximum Gasteiger partial charge on any atom is 0.242 e. The standard InChI is InChI=1S/C21H26N2O4/c24-19(11-22-20(25)14-3-4-14)23-12-15-9-17-18(27-8-7-26-17)10-16(15)21(13-23)5-1-2-6-21/h9-10,14H,1-8,11-13H2,(H,22,25). The molecule has 1 aromatic rings. The van der Waals surface area contributed by atoms with Crippen molar-refractivity contribution in [3.8, 4) is 11.5 Å². The molecule has 2 heterocycles. The molecular weight excluding hydrogens is 344 g/mol. The molecule has 1 aromatic carbocycles. The summed E-state index contributed by atoms with van der Waals surface area (Å²) in [4.78, 5) is 26.7. The molecule has 0 atom stereocenters. The summed E-state index contributed by atoms with van der Waals surface area (Å²) in [6.07, 6.45) is 6.47. The van der Waals surface area contributed by atoms with Gasteiger partial charge in [-0.2, -0.15) is 0 Å². The highest BCUT2D eigenvalue weighted by Gasteiger charge is 2.44. The van der Waals surface area contributed by atoms with Crippen LogP contribution in [-0.2, 0) is 21.5 Å². The number of hydrogen-bond donors (Lipinski definition) is 1. The molecule has 0 radical (unpaired) electrons. The van der Waals surface area contributed by atoms with Gasteiger partial charge in [-0.3, -0.25) is 9.59 Å². The molecule has 2 aliphatic carbocycles. The molecule has 6 nitrogen and oxygen atoms in total. The predicted octanol–water partition coefficient (Wildman–Crippen LogP) is 2.14. The van der Waals surface area contributed by atoms with Gasteiger partial charge in [-0.1, -0.05) is 12.8 Å². The lowest BCUT2D eigenvalue weighted by atomic mass is 9.73. The maximum atomic E-state index is 12.8. The average molecular weight is 370 g/mol. The van der Waals surface area contributed by atoms with Gasteiger partial charge in [0.15, 0.2) is 11.5 Å². The van der Waals surface area contributed by atoms with E-state index in [4.69, 9.17) is 9.47 Å². The van der Waals surface area contributed by atoms with E-state index in [1.807, 2.05) is 4.90 Å². The van der Waals surface area contributed by atoms with Crippen molar-refractivity contribution in [2.45, 2.75) is 50.5 Å². The van der Waals surface area contributed by atoms with Crippen LogP contribution in [0.25, 0.3) is 0 Å². The van der Waals surface area contributed by atoms with Crippen LogP contribution in [0.3, 0.4) is 0 Å². The van der Waals surface area contributed by atoms with Gasteiger partial charge in [0, 0.05) is 24.4 Å². The Kier molecular flexibility index (Phi) is 4.02.